The molecule has 1 unspecified atom stereocenters. The summed E-state index contributed by atoms with van der Waals surface area (Å²) in [5.41, 5.74) is 0.945. The van der Waals surface area contributed by atoms with Crippen LogP contribution < -0.4 is 10.6 Å². The fourth-order valence-electron chi connectivity index (χ4n) is 3.79. The topological polar surface area (TPSA) is 74.6 Å². The fraction of sp³-hybridized carbons (Fsp3) is 0.304. The lowest BCUT2D eigenvalue weighted by Gasteiger charge is -2.33. The van der Waals surface area contributed by atoms with Gasteiger partial charge < -0.3 is 15.1 Å². The molecular weight excluding hydrogens is 398 g/mol. The van der Waals surface area contributed by atoms with Gasteiger partial charge in [-0.15, -0.1) is 11.3 Å². The summed E-state index contributed by atoms with van der Waals surface area (Å²) >= 11 is 1.36. The number of amides is 2. The summed E-state index contributed by atoms with van der Waals surface area (Å²) in [6.45, 7) is 2.43. The van der Waals surface area contributed by atoms with Crippen molar-refractivity contribution >= 4 is 28.8 Å². The first-order valence-corrected chi connectivity index (χ1v) is 11.1. The van der Waals surface area contributed by atoms with E-state index in [1.54, 1.807) is 36.6 Å². The molecule has 2 aromatic heterocycles. The van der Waals surface area contributed by atoms with E-state index in [-0.39, 0.29) is 17.9 Å². The molecule has 1 aliphatic heterocycles. The van der Waals surface area contributed by atoms with Gasteiger partial charge in [-0.1, -0.05) is 24.6 Å². The second-order valence-electron chi connectivity index (χ2n) is 7.31. The van der Waals surface area contributed by atoms with Crippen molar-refractivity contribution in [1.29, 1.82) is 0 Å². The summed E-state index contributed by atoms with van der Waals surface area (Å²) in [6.07, 6.45) is 5.22. The number of anilines is 1. The van der Waals surface area contributed by atoms with Gasteiger partial charge in [-0.2, -0.15) is 0 Å². The van der Waals surface area contributed by atoms with Gasteiger partial charge in [-0.05, 0) is 61.6 Å². The van der Waals surface area contributed by atoms with Crippen LogP contribution in [-0.2, 0) is 0 Å². The van der Waals surface area contributed by atoms with E-state index >= 15 is 0 Å². The van der Waals surface area contributed by atoms with Crippen LogP contribution in [0.25, 0.3) is 0 Å². The number of thiophene rings is 1. The Morgan fingerprint density at radius 1 is 1.00 bits per heavy atom. The van der Waals surface area contributed by atoms with Crippen LogP contribution >= 0.6 is 11.3 Å². The molecule has 0 spiro atoms. The number of carbonyl (C=O) groups excluding carboxylic acids is 2. The molecule has 1 atom stereocenters. The maximum atomic E-state index is 13.0. The minimum absolute atomic E-state index is 0.00266. The smallest absolute Gasteiger partial charge is 0.265 e. The summed E-state index contributed by atoms with van der Waals surface area (Å²) < 4.78 is 5.66. The second-order valence-corrected chi connectivity index (χ2v) is 8.26. The lowest BCUT2D eigenvalue weighted by Crippen LogP contribution is -2.40. The molecule has 3 aromatic rings. The Bertz CT molecular complexity index is 964. The highest BCUT2D eigenvalue weighted by Gasteiger charge is 2.25. The quantitative estimate of drug-likeness (QED) is 0.585. The van der Waals surface area contributed by atoms with Gasteiger partial charge in [0, 0.05) is 6.54 Å². The zero-order valence-electron chi connectivity index (χ0n) is 16.7. The molecule has 0 saturated carbocycles. The van der Waals surface area contributed by atoms with Gasteiger partial charge in [0.1, 0.15) is 5.76 Å². The highest BCUT2D eigenvalue weighted by Crippen LogP contribution is 2.25. The largest absolute Gasteiger partial charge is 0.468 e. The Kier molecular flexibility index (Phi) is 6.61. The van der Waals surface area contributed by atoms with Crippen LogP contribution in [0.5, 0.6) is 0 Å². The summed E-state index contributed by atoms with van der Waals surface area (Å²) in [5, 5.41) is 7.75. The molecule has 0 bridgehead atoms. The lowest BCUT2D eigenvalue weighted by atomic mass is 10.1. The molecule has 2 N–H and O–H groups in total. The maximum Gasteiger partial charge on any atom is 0.265 e. The van der Waals surface area contributed by atoms with Gasteiger partial charge in [0.2, 0.25) is 0 Å². The third-order valence-corrected chi connectivity index (χ3v) is 6.19. The van der Waals surface area contributed by atoms with E-state index in [2.05, 4.69) is 15.5 Å². The number of hydrogen-bond donors (Lipinski definition) is 2. The summed E-state index contributed by atoms with van der Waals surface area (Å²) in [6, 6.07) is 14.5. The average molecular weight is 424 g/mol. The zero-order chi connectivity index (χ0) is 20.8. The molecule has 4 rings (SSSR count). The summed E-state index contributed by atoms with van der Waals surface area (Å²) in [4.78, 5) is 28.4. The van der Waals surface area contributed by atoms with Gasteiger partial charge in [0.25, 0.3) is 11.8 Å². The number of benzene rings is 1. The molecule has 0 radical (unpaired) electrons. The number of piperidine rings is 1. The molecule has 1 aliphatic rings. The van der Waals surface area contributed by atoms with E-state index in [4.69, 9.17) is 4.42 Å². The van der Waals surface area contributed by atoms with E-state index in [0.717, 1.165) is 31.7 Å². The normalized spacial score (nSPS) is 15.5. The number of rotatable bonds is 7. The van der Waals surface area contributed by atoms with Crippen molar-refractivity contribution in [3.8, 4) is 0 Å². The first-order valence-electron chi connectivity index (χ1n) is 10.2. The van der Waals surface area contributed by atoms with Crippen molar-refractivity contribution in [3.05, 3.63) is 76.4 Å². The molecule has 7 heteroatoms. The van der Waals surface area contributed by atoms with Crippen LogP contribution in [0.2, 0.25) is 0 Å². The molecule has 2 amide bonds. The Balaban J connectivity index is 1.46. The molecule has 3 heterocycles. The minimum atomic E-state index is -0.217. The molecular formula is C23H25N3O3S. The van der Waals surface area contributed by atoms with Gasteiger partial charge in [0.15, 0.2) is 0 Å². The van der Waals surface area contributed by atoms with E-state index in [0.29, 0.717) is 22.7 Å². The van der Waals surface area contributed by atoms with Crippen LogP contribution in [0, 0.1) is 0 Å². The Labute approximate surface area is 179 Å². The Hall–Kier alpha value is -2.90. The van der Waals surface area contributed by atoms with Crippen molar-refractivity contribution in [2.75, 3.05) is 25.0 Å². The third kappa shape index (κ3) is 4.80. The monoisotopic (exact) mass is 423 g/mol. The third-order valence-electron chi connectivity index (χ3n) is 5.32. The van der Waals surface area contributed by atoms with E-state index in [1.807, 2.05) is 23.6 Å². The molecule has 1 saturated heterocycles. The van der Waals surface area contributed by atoms with Crippen LogP contribution in [0.1, 0.15) is 51.1 Å². The second kappa shape index (κ2) is 9.73. The summed E-state index contributed by atoms with van der Waals surface area (Å²) in [5.74, 6) is 0.425. The standard InChI is InChI=1S/C23H25N3O3S/c27-22(17-8-2-3-9-18(17)25-23(28)21-11-7-15-30-21)24-16-19(20-10-6-14-29-20)26-12-4-1-5-13-26/h2-3,6-11,14-15,19H,1,4-5,12-13,16H2,(H,24,27)(H,25,28). The van der Waals surface area contributed by atoms with Crippen molar-refractivity contribution in [3.63, 3.8) is 0 Å². The highest BCUT2D eigenvalue weighted by molar-refractivity contribution is 7.12. The molecule has 1 aromatic carbocycles. The van der Waals surface area contributed by atoms with Crippen LogP contribution in [0.15, 0.2) is 64.6 Å². The summed E-state index contributed by atoms with van der Waals surface area (Å²) in [7, 11) is 0. The predicted molar refractivity (Wildman–Crippen MR) is 118 cm³/mol. The van der Waals surface area contributed by atoms with Crippen molar-refractivity contribution < 1.29 is 14.0 Å². The van der Waals surface area contributed by atoms with Crippen LogP contribution in [0.3, 0.4) is 0 Å². The first-order chi connectivity index (χ1) is 14.7. The van der Waals surface area contributed by atoms with E-state index < -0.39 is 0 Å². The van der Waals surface area contributed by atoms with E-state index in [9.17, 15) is 9.59 Å². The lowest BCUT2D eigenvalue weighted by molar-refractivity contribution is 0.0915. The molecule has 30 heavy (non-hydrogen) atoms. The first kappa shape index (κ1) is 20.4. The fourth-order valence-corrected chi connectivity index (χ4v) is 4.41. The molecule has 156 valence electrons. The number of para-hydroxylation sites is 1. The predicted octanol–water partition coefficient (Wildman–Crippen LogP) is 4.55. The van der Waals surface area contributed by atoms with Crippen molar-refractivity contribution in [2.24, 2.45) is 0 Å². The number of likely N-dealkylation sites (tertiary alicyclic amines) is 1. The number of hydrogen-bond acceptors (Lipinski definition) is 5. The number of furan rings is 1. The molecule has 0 aliphatic carbocycles. The van der Waals surface area contributed by atoms with Gasteiger partial charge in [-0.3, -0.25) is 14.5 Å². The number of carbonyl (C=O) groups is 2. The molecule has 1 fully saturated rings. The minimum Gasteiger partial charge on any atom is -0.468 e. The van der Waals surface area contributed by atoms with Gasteiger partial charge in [0.05, 0.1) is 28.4 Å². The van der Waals surface area contributed by atoms with Crippen LogP contribution in [0.4, 0.5) is 5.69 Å². The van der Waals surface area contributed by atoms with Crippen molar-refractivity contribution in [1.82, 2.24) is 10.2 Å². The maximum absolute atomic E-state index is 13.0. The number of nitrogens with one attached hydrogen (secondary N) is 2. The number of nitrogens with zero attached hydrogens (tertiary/aromatic N) is 1. The average Bonchev–Trinajstić information content (AvgIpc) is 3.50. The molecule has 6 nitrogen and oxygen atoms in total. The SMILES string of the molecule is O=C(Nc1ccccc1C(=O)NCC(c1ccco1)N1CCCCC1)c1cccs1. The van der Waals surface area contributed by atoms with Gasteiger partial charge >= 0.3 is 0 Å². The van der Waals surface area contributed by atoms with E-state index in [1.165, 1.54) is 17.8 Å². The Morgan fingerprint density at radius 2 is 1.83 bits per heavy atom. The highest BCUT2D eigenvalue weighted by atomic mass is 32.1. The van der Waals surface area contributed by atoms with Crippen LogP contribution in [-0.4, -0.2) is 36.3 Å². The zero-order valence-corrected chi connectivity index (χ0v) is 17.5. The Morgan fingerprint density at radius 3 is 2.57 bits per heavy atom. The van der Waals surface area contributed by atoms with Crippen molar-refractivity contribution in [2.45, 2.75) is 25.3 Å². The van der Waals surface area contributed by atoms with Gasteiger partial charge in [-0.25, -0.2) is 0 Å².